The number of nitrogens with two attached hydrogens (primary N) is 1. The Bertz CT molecular complexity index is 299. The average Bonchev–Trinajstić information content (AvgIpc) is 2.25. The van der Waals surface area contributed by atoms with Crippen molar-refractivity contribution in [2.75, 3.05) is 45.5 Å². The summed E-state index contributed by atoms with van der Waals surface area (Å²) < 4.78 is 24.0. The first-order chi connectivity index (χ1) is 7.43. The van der Waals surface area contributed by atoms with E-state index in [-0.39, 0.29) is 6.54 Å². The largest absolute Gasteiger partial charge is 0.392 e. The molecule has 16 heavy (non-hydrogen) atoms. The maximum atomic E-state index is 11.3. The molecule has 1 aliphatic heterocycles. The summed E-state index contributed by atoms with van der Waals surface area (Å²) in [5.74, 6) is 0. The molecule has 7 heteroatoms. The van der Waals surface area contributed by atoms with E-state index in [9.17, 15) is 13.5 Å². The highest BCUT2D eigenvalue weighted by molar-refractivity contribution is 7.88. The molecule has 0 amide bonds. The molecule has 0 radical (unpaired) electrons. The molecule has 0 aromatic heterocycles. The summed E-state index contributed by atoms with van der Waals surface area (Å²) >= 11 is 0. The molecule has 1 atom stereocenters. The fraction of sp³-hybridized carbons (Fsp3) is 1.00. The van der Waals surface area contributed by atoms with Crippen molar-refractivity contribution in [2.45, 2.75) is 12.5 Å². The molecule has 0 spiro atoms. The quantitative estimate of drug-likeness (QED) is 0.606. The molecule has 1 rings (SSSR count). The smallest absolute Gasteiger partial charge is 0.211 e. The lowest BCUT2D eigenvalue weighted by molar-refractivity contribution is 0.129. The van der Waals surface area contributed by atoms with E-state index in [1.807, 2.05) is 0 Å². The van der Waals surface area contributed by atoms with Crippen molar-refractivity contribution < 1.29 is 13.5 Å². The van der Waals surface area contributed by atoms with Gasteiger partial charge in [-0.2, -0.15) is 4.31 Å². The summed E-state index contributed by atoms with van der Waals surface area (Å²) in [4.78, 5) is 2.15. The van der Waals surface area contributed by atoms with Gasteiger partial charge in [-0.25, -0.2) is 8.42 Å². The Kier molecular flexibility index (Phi) is 5.13. The van der Waals surface area contributed by atoms with Crippen LogP contribution in [-0.2, 0) is 10.0 Å². The van der Waals surface area contributed by atoms with Crippen LogP contribution in [0.5, 0.6) is 0 Å². The van der Waals surface area contributed by atoms with Crippen LogP contribution in [0, 0.1) is 0 Å². The Morgan fingerprint density at radius 3 is 2.31 bits per heavy atom. The highest BCUT2D eigenvalue weighted by Gasteiger charge is 2.23. The van der Waals surface area contributed by atoms with Gasteiger partial charge in [-0.05, 0) is 6.42 Å². The third-order valence-electron chi connectivity index (χ3n) is 2.85. The van der Waals surface area contributed by atoms with Crippen LogP contribution < -0.4 is 5.73 Å². The van der Waals surface area contributed by atoms with Crippen molar-refractivity contribution >= 4 is 10.0 Å². The van der Waals surface area contributed by atoms with E-state index >= 15 is 0 Å². The Labute approximate surface area is 97.1 Å². The first-order valence-electron chi connectivity index (χ1n) is 5.49. The van der Waals surface area contributed by atoms with E-state index in [2.05, 4.69) is 4.90 Å². The van der Waals surface area contributed by atoms with Crippen molar-refractivity contribution in [1.29, 1.82) is 0 Å². The molecule has 0 aromatic carbocycles. The molecule has 0 saturated carbocycles. The second-order valence-electron chi connectivity index (χ2n) is 4.18. The molecule has 1 saturated heterocycles. The Hall–Kier alpha value is -0.210. The summed E-state index contributed by atoms with van der Waals surface area (Å²) in [5.41, 5.74) is 5.31. The number of aliphatic hydroxyl groups excluding tert-OH is 1. The van der Waals surface area contributed by atoms with Gasteiger partial charge in [-0.15, -0.1) is 0 Å². The van der Waals surface area contributed by atoms with Gasteiger partial charge in [0.05, 0.1) is 12.4 Å². The van der Waals surface area contributed by atoms with Gasteiger partial charge >= 0.3 is 0 Å². The van der Waals surface area contributed by atoms with Crippen LogP contribution in [0.4, 0.5) is 0 Å². The van der Waals surface area contributed by atoms with Gasteiger partial charge in [0.2, 0.25) is 10.0 Å². The molecule has 1 fully saturated rings. The van der Waals surface area contributed by atoms with Gasteiger partial charge in [-0.1, -0.05) is 0 Å². The summed E-state index contributed by atoms with van der Waals surface area (Å²) in [6.07, 6.45) is 1.43. The Balaban J connectivity index is 2.27. The van der Waals surface area contributed by atoms with Crippen LogP contribution in [0.3, 0.4) is 0 Å². The highest BCUT2D eigenvalue weighted by atomic mass is 32.2. The lowest BCUT2D eigenvalue weighted by atomic mass is 10.2. The van der Waals surface area contributed by atoms with Crippen molar-refractivity contribution in [3.8, 4) is 0 Å². The van der Waals surface area contributed by atoms with Crippen molar-refractivity contribution in [1.82, 2.24) is 9.21 Å². The van der Waals surface area contributed by atoms with Crippen molar-refractivity contribution in [3.63, 3.8) is 0 Å². The van der Waals surface area contributed by atoms with E-state index in [1.54, 1.807) is 0 Å². The lowest BCUT2D eigenvalue weighted by Gasteiger charge is -2.33. The predicted molar refractivity (Wildman–Crippen MR) is 62.5 cm³/mol. The molecule has 0 aliphatic carbocycles. The van der Waals surface area contributed by atoms with Gasteiger partial charge in [-0.3, -0.25) is 0 Å². The normalized spacial score (nSPS) is 22.2. The highest BCUT2D eigenvalue weighted by Crippen LogP contribution is 2.06. The number of rotatable bonds is 5. The minimum atomic E-state index is -3.05. The second-order valence-corrected chi connectivity index (χ2v) is 6.16. The van der Waals surface area contributed by atoms with E-state index in [4.69, 9.17) is 5.73 Å². The third kappa shape index (κ3) is 4.34. The molecule has 3 N–H and O–H groups in total. The lowest BCUT2D eigenvalue weighted by Crippen LogP contribution is -2.48. The molecular weight excluding hydrogens is 230 g/mol. The van der Waals surface area contributed by atoms with Crippen LogP contribution in [0.25, 0.3) is 0 Å². The van der Waals surface area contributed by atoms with Gasteiger partial charge in [0, 0.05) is 39.3 Å². The fourth-order valence-electron chi connectivity index (χ4n) is 1.73. The minimum absolute atomic E-state index is 0.281. The van der Waals surface area contributed by atoms with E-state index in [1.165, 1.54) is 10.6 Å². The summed E-state index contributed by atoms with van der Waals surface area (Å²) in [6.45, 7) is 3.59. The molecule has 0 aromatic rings. The Morgan fingerprint density at radius 2 is 1.88 bits per heavy atom. The molecule has 0 bridgehead atoms. The summed E-state index contributed by atoms with van der Waals surface area (Å²) in [5, 5.41) is 9.31. The molecule has 1 unspecified atom stereocenters. The molecular formula is C9H21N3O3S. The zero-order chi connectivity index (χ0) is 12.2. The zero-order valence-electron chi connectivity index (χ0n) is 9.67. The van der Waals surface area contributed by atoms with Crippen LogP contribution >= 0.6 is 0 Å². The van der Waals surface area contributed by atoms with Crippen LogP contribution in [0.15, 0.2) is 0 Å². The summed E-state index contributed by atoms with van der Waals surface area (Å²) in [7, 11) is -3.05. The number of piperazine rings is 1. The maximum absolute atomic E-state index is 11.3. The third-order valence-corrected chi connectivity index (χ3v) is 4.15. The van der Waals surface area contributed by atoms with Gasteiger partial charge in [0.1, 0.15) is 0 Å². The topological polar surface area (TPSA) is 86.9 Å². The van der Waals surface area contributed by atoms with Crippen molar-refractivity contribution in [2.24, 2.45) is 5.73 Å². The SMILES string of the molecule is CS(=O)(=O)N1CCN(CCC(O)CN)CC1. The van der Waals surface area contributed by atoms with E-state index in [0.29, 0.717) is 19.5 Å². The minimum Gasteiger partial charge on any atom is -0.392 e. The maximum Gasteiger partial charge on any atom is 0.211 e. The van der Waals surface area contributed by atoms with E-state index in [0.717, 1.165) is 19.6 Å². The predicted octanol–water partition coefficient (Wildman–Crippen LogP) is -1.73. The number of aliphatic hydroxyl groups is 1. The average molecular weight is 251 g/mol. The number of hydrogen-bond acceptors (Lipinski definition) is 5. The molecule has 96 valence electrons. The zero-order valence-corrected chi connectivity index (χ0v) is 10.5. The first kappa shape index (κ1) is 13.9. The van der Waals surface area contributed by atoms with Crippen LogP contribution in [-0.4, -0.2) is 74.4 Å². The standard InChI is InChI=1S/C9H21N3O3S/c1-16(14,15)12-6-4-11(5-7-12)3-2-9(13)8-10/h9,13H,2-8,10H2,1H3. The number of sulfonamides is 1. The first-order valence-corrected chi connectivity index (χ1v) is 7.34. The number of nitrogens with zero attached hydrogens (tertiary/aromatic N) is 2. The Morgan fingerprint density at radius 1 is 1.31 bits per heavy atom. The van der Waals surface area contributed by atoms with Crippen LogP contribution in [0.1, 0.15) is 6.42 Å². The summed E-state index contributed by atoms with van der Waals surface area (Å²) in [6, 6.07) is 0. The molecule has 6 nitrogen and oxygen atoms in total. The van der Waals surface area contributed by atoms with Gasteiger partial charge in [0.25, 0.3) is 0 Å². The van der Waals surface area contributed by atoms with Gasteiger partial charge in [0.15, 0.2) is 0 Å². The molecule has 1 heterocycles. The number of hydrogen-bond donors (Lipinski definition) is 2. The fourth-order valence-corrected chi connectivity index (χ4v) is 2.56. The van der Waals surface area contributed by atoms with Crippen LogP contribution in [0.2, 0.25) is 0 Å². The van der Waals surface area contributed by atoms with Gasteiger partial charge < -0.3 is 15.7 Å². The monoisotopic (exact) mass is 251 g/mol. The second kappa shape index (κ2) is 5.92. The van der Waals surface area contributed by atoms with Crippen molar-refractivity contribution in [3.05, 3.63) is 0 Å². The van der Waals surface area contributed by atoms with E-state index < -0.39 is 16.1 Å². The molecule has 1 aliphatic rings.